The summed E-state index contributed by atoms with van der Waals surface area (Å²) in [5.41, 5.74) is 6.70. The zero-order valence-electron chi connectivity index (χ0n) is 25.1. The van der Waals surface area contributed by atoms with Crippen LogP contribution in [0.2, 0.25) is 0 Å². The van der Waals surface area contributed by atoms with E-state index in [1.807, 2.05) is 54.6 Å². The molecule has 220 valence electrons. The Balaban J connectivity index is 1.45. The summed E-state index contributed by atoms with van der Waals surface area (Å²) in [5.74, 6) is 0.0928. The van der Waals surface area contributed by atoms with Crippen molar-refractivity contribution in [1.29, 1.82) is 0 Å². The van der Waals surface area contributed by atoms with Gasteiger partial charge in [0.1, 0.15) is 18.3 Å². The number of rotatable bonds is 12. The third kappa shape index (κ3) is 7.37. The molecule has 1 saturated heterocycles. The molecule has 4 nitrogen and oxygen atoms in total. The van der Waals surface area contributed by atoms with E-state index in [0.717, 1.165) is 41.5 Å². The fourth-order valence-corrected chi connectivity index (χ4v) is 6.07. The van der Waals surface area contributed by atoms with Crippen LogP contribution in [0.15, 0.2) is 109 Å². The van der Waals surface area contributed by atoms with E-state index in [-0.39, 0.29) is 18.1 Å². The van der Waals surface area contributed by atoms with E-state index in [9.17, 15) is 5.11 Å². The predicted octanol–water partition coefficient (Wildman–Crippen LogP) is 7.86. The molecule has 0 spiro atoms. The summed E-state index contributed by atoms with van der Waals surface area (Å²) in [6.45, 7) is 7.38. The van der Waals surface area contributed by atoms with Crippen LogP contribution in [0.1, 0.15) is 66.7 Å². The van der Waals surface area contributed by atoms with Gasteiger partial charge in [-0.2, -0.15) is 0 Å². The van der Waals surface area contributed by atoms with Crippen LogP contribution in [0.3, 0.4) is 0 Å². The van der Waals surface area contributed by atoms with E-state index in [4.69, 9.17) is 14.2 Å². The van der Waals surface area contributed by atoms with E-state index < -0.39 is 18.3 Å². The van der Waals surface area contributed by atoms with E-state index in [1.165, 1.54) is 11.1 Å². The molecule has 1 fully saturated rings. The van der Waals surface area contributed by atoms with Crippen LogP contribution in [-0.4, -0.2) is 29.5 Å². The van der Waals surface area contributed by atoms with Crippen LogP contribution < -0.4 is 0 Å². The van der Waals surface area contributed by atoms with Crippen molar-refractivity contribution in [2.75, 3.05) is 0 Å². The maximum atomic E-state index is 12.1. The van der Waals surface area contributed by atoms with Gasteiger partial charge in [0, 0.05) is 5.92 Å². The van der Waals surface area contributed by atoms with E-state index >= 15 is 0 Å². The molecule has 4 aromatic rings. The molecule has 0 amide bonds. The lowest BCUT2D eigenvalue weighted by molar-refractivity contribution is -0.253. The number of ether oxygens (including phenoxy) is 3. The predicted molar refractivity (Wildman–Crippen MR) is 168 cm³/mol. The van der Waals surface area contributed by atoms with Crippen LogP contribution in [0, 0.1) is 5.92 Å². The van der Waals surface area contributed by atoms with Crippen LogP contribution in [-0.2, 0) is 40.3 Å². The molecule has 1 heterocycles. The van der Waals surface area contributed by atoms with Gasteiger partial charge in [-0.3, -0.25) is 0 Å². The molecule has 0 saturated carbocycles. The second-order valence-electron chi connectivity index (χ2n) is 11.4. The zero-order valence-corrected chi connectivity index (χ0v) is 25.1. The molecule has 0 aromatic heterocycles. The molecule has 1 unspecified atom stereocenters. The van der Waals surface area contributed by atoms with Crippen LogP contribution in [0.4, 0.5) is 0 Å². The summed E-state index contributed by atoms with van der Waals surface area (Å²) < 4.78 is 20.1. The largest absolute Gasteiger partial charge is 0.386 e. The first-order valence-corrected chi connectivity index (χ1v) is 15.4. The Labute approximate surface area is 251 Å². The average Bonchev–Trinajstić information content (AvgIpc) is 3.04. The molecule has 4 heteroatoms. The standard InChI is InChI=1S/C38H44O4/c1-4-28-20-22-29(23-21-28)24-32-18-12-13-19-33(32)35(39)37-38(41-26-31-16-10-7-11-17-31)36(27(3)34(5-2)42-37)40-25-30-14-8-6-9-15-30/h6-23,27,34-39H,4-5,24-26H2,1-3H3/t27-,34-,35?,36+,37+,38-/m1/s1. The Morgan fingerprint density at radius 3 is 1.81 bits per heavy atom. The van der Waals surface area contributed by atoms with Crippen molar-refractivity contribution in [3.8, 4) is 0 Å². The smallest absolute Gasteiger partial charge is 0.117 e. The molecule has 5 rings (SSSR count). The Morgan fingerprint density at radius 2 is 1.21 bits per heavy atom. The third-order valence-electron chi connectivity index (χ3n) is 8.57. The molecular formula is C38H44O4. The quantitative estimate of drug-likeness (QED) is 0.190. The first-order chi connectivity index (χ1) is 20.6. The van der Waals surface area contributed by atoms with Gasteiger partial charge in [-0.15, -0.1) is 0 Å². The van der Waals surface area contributed by atoms with Gasteiger partial charge in [0.05, 0.1) is 25.4 Å². The number of aliphatic hydroxyl groups excluding tert-OH is 1. The van der Waals surface area contributed by atoms with E-state index in [0.29, 0.717) is 13.2 Å². The Kier molecular flexibility index (Phi) is 10.6. The Morgan fingerprint density at radius 1 is 0.667 bits per heavy atom. The maximum absolute atomic E-state index is 12.1. The van der Waals surface area contributed by atoms with Crippen molar-refractivity contribution < 1.29 is 19.3 Å². The topological polar surface area (TPSA) is 47.9 Å². The minimum atomic E-state index is -0.874. The van der Waals surface area contributed by atoms with Crippen LogP contribution in [0.25, 0.3) is 0 Å². The highest BCUT2D eigenvalue weighted by Crippen LogP contribution is 2.39. The number of aryl methyl sites for hydroxylation is 1. The molecule has 0 bridgehead atoms. The molecule has 0 radical (unpaired) electrons. The highest BCUT2D eigenvalue weighted by atomic mass is 16.6. The lowest BCUT2D eigenvalue weighted by Gasteiger charge is -2.47. The molecular weight excluding hydrogens is 520 g/mol. The van der Waals surface area contributed by atoms with Crippen LogP contribution >= 0.6 is 0 Å². The average molecular weight is 565 g/mol. The summed E-state index contributed by atoms with van der Waals surface area (Å²) in [5, 5.41) is 12.1. The zero-order chi connectivity index (χ0) is 29.3. The summed E-state index contributed by atoms with van der Waals surface area (Å²) in [4.78, 5) is 0. The summed E-state index contributed by atoms with van der Waals surface area (Å²) >= 11 is 0. The number of benzene rings is 4. The van der Waals surface area contributed by atoms with Crippen molar-refractivity contribution in [3.63, 3.8) is 0 Å². The second kappa shape index (κ2) is 14.8. The van der Waals surface area contributed by atoms with Gasteiger partial charge in [0.25, 0.3) is 0 Å². The van der Waals surface area contributed by atoms with Gasteiger partial charge >= 0.3 is 0 Å². The lowest BCUT2D eigenvalue weighted by Crippen LogP contribution is -2.57. The molecule has 1 aliphatic heterocycles. The monoisotopic (exact) mass is 564 g/mol. The number of hydrogen-bond acceptors (Lipinski definition) is 4. The summed E-state index contributed by atoms with van der Waals surface area (Å²) in [6, 6.07) is 37.3. The number of aliphatic hydroxyl groups is 1. The van der Waals surface area contributed by atoms with Gasteiger partial charge in [-0.1, -0.05) is 130 Å². The molecule has 0 aliphatic carbocycles. The highest BCUT2D eigenvalue weighted by molar-refractivity contribution is 5.36. The number of hydrogen-bond donors (Lipinski definition) is 1. The fourth-order valence-electron chi connectivity index (χ4n) is 6.07. The maximum Gasteiger partial charge on any atom is 0.117 e. The van der Waals surface area contributed by atoms with Gasteiger partial charge in [-0.05, 0) is 52.6 Å². The molecule has 1 N–H and O–H groups in total. The molecule has 4 aromatic carbocycles. The van der Waals surface area contributed by atoms with Gasteiger partial charge < -0.3 is 19.3 Å². The normalized spacial score (nSPS) is 23.0. The lowest BCUT2D eigenvalue weighted by atomic mass is 9.82. The highest BCUT2D eigenvalue weighted by Gasteiger charge is 2.48. The molecule has 42 heavy (non-hydrogen) atoms. The molecule has 6 atom stereocenters. The molecule has 1 aliphatic rings. The summed E-state index contributed by atoms with van der Waals surface area (Å²) in [6.07, 6.45) is 0.354. The Hall–Kier alpha value is -3.28. The van der Waals surface area contributed by atoms with Crippen molar-refractivity contribution in [2.45, 2.75) is 83.8 Å². The van der Waals surface area contributed by atoms with Crippen molar-refractivity contribution >= 4 is 0 Å². The second-order valence-corrected chi connectivity index (χ2v) is 11.4. The Bertz CT molecular complexity index is 1360. The first-order valence-electron chi connectivity index (χ1n) is 15.4. The third-order valence-corrected chi connectivity index (χ3v) is 8.57. The van der Waals surface area contributed by atoms with Gasteiger partial charge in [-0.25, -0.2) is 0 Å². The first kappa shape index (κ1) is 30.2. The summed E-state index contributed by atoms with van der Waals surface area (Å²) in [7, 11) is 0. The van der Waals surface area contributed by atoms with Gasteiger partial charge in [0.15, 0.2) is 0 Å². The van der Waals surface area contributed by atoms with Crippen molar-refractivity contribution in [3.05, 3.63) is 143 Å². The minimum Gasteiger partial charge on any atom is -0.386 e. The van der Waals surface area contributed by atoms with Crippen molar-refractivity contribution in [2.24, 2.45) is 5.92 Å². The van der Waals surface area contributed by atoms with E-state index in [2.05, 4.69) is 75.4 Å². The van der Waals surface area contributed by atoms with E-state index in [1.54, 1.807) is 0 Å². The fraction of sp³-hybridized carbons (Fsp3) is 0.368. The van der Waals surface area contributed by atoms with Crippen LogP contribution in [0.5, 0.6) is 0 Å². The minimum absolute atomic E-state index is 0.0595. The van der Waals surface area contributed by atoms with Crippen molar-refractivity contribution in [1.82, 2.24) is 0 Å². The SMILES string of the molecule is CCc1ccc(Cc2ccccc2C(O)[C@@H]2O[C@H](CC)[C@@H](C)[C@H](OCc3ccccc3)[C@H]2OCc2ccccc2)cc1. The van der Waals surface area contributed by atoms with Gasteiger partial charge in [0.2, 0.25) is 0 Å².